The van der Waals surface area contributed by atoms with Crippen LogP contribution in [0.15, 0.2) is 33.5 Å². The summed E-state index contributed by atoms with van der Waals surface area (Å²) >= 11 is 0. The number of hydrogen-bond acceptors (Lipinski definition) is 3. The maximum Gasteiger partial charge on any atom is 0.200 e. The smallest absolute Gasteiger partial charge is 0.200 e. The van der Waals surface area contributed by atoms with Crippen LogP contribution in [0.2, 0.25) is 0 Å². The Labute approximate surface area is 81.3 Å². The SMILES string of the molecule is Cc1occc1C(=O)c1ccoc1C. The summed E-state index contributed by atoms with van der Waals surface area (Å²) in [6, 6.07) is 3.34. The first-order chi connectivity index (χ1) is 6.70. The van der Waals surface area contributed by atoms with Gasteiger partial charge in [-0.3, -0.25) is 4.79 Å². The summed E-state index contributed by atoms with van der Waals surface area (Å²) in [7, 11) is 0. The van der Waals surface area contributed by atoms with E-state index >= 15 is 0 Å². The molecule has 72 valence electrons. The summed E-state index contributed by atoms with van der Waals surface area (Å²) in [5, 5.41) is 0. The summed E-state index contributed by atoms with van der Waals surface area (Å²) in [5.41, 5.74) is 1.18. The number of carbonyl (C=O) groups excluding carboxylic acids is 1. The van der Waals surface area contributed by atoms with E-state index in [1.165, 1.54) is 12.5 Å². The van der Waals surface area contributed by atoms with Gasteiger partial charge in [-0.25, -0.2) is 0 Å². The summed E-state index contributed by atoms with van der Waals surface area (Å²) in [6.45, 7) is 3.53. The third-order valence-electron chi connectivity index (χ3n) is 2.21. The second-order valence-electron chi connectivity index (χ2n) is 3.11. The van der Waals surface area contributed by atoms with Crippen LogP contribution in [0.1, 0.15) is 27.4 Å². The zero-order valence-corrected chi connectivity index (χ0v) is 8.03. The monoisotopic (exact) mass is 190 g/mol. The van der Waals surface area contributed by atoms with Gasteiger partial charge in [0.05, 0.1) is 23.7 Å². The maximum absolute atomic E-state index is 11.9. The van der Waals surface area contributed by atoms with Gasteiger partial charge < -0.3 is 8.83 Å². The standard InChI is InChI=1S/C11H10O3/c1-7-9(3-5-13-7)11(12)10-4-6-14-8(10)2/h3-6H,1-2H3. The van der Waals surface area contributed by atoms with Gasteiger partial charge in [0, 0.05) is 0 Å². The first-order valence-corrected chi connectivity index (χ1v) is 4.33. The van der Waals surface area contributed by atoms with Gasteiger partial charge in [-0.05, 0) is 26.0 Å². The zero-order chi connectivity index (χ0) is 10.1. The summed E-state index contributed by atoms with van der Waals surface area (Å²) in [5.74, 6) is 1.22. The Morgan fingerprint density at radius 1 is 1.00 bits per heavy atom. The lowest BCUT2D eigenvalue weighted by molar-refractivity contribution is 0.103. The molecule has 0 aliphatic heterocycles. The third-order valence-corrected chi connectivity index (χ3v) is 2.21. The van der Waals surface area contributed by atoms with Crippen LogP contribution in [0.3, 0.4) is 0 Å². The molecule has 0 spiro atoms. The lowest BCUT2D eigenvalue weighted by Gasteiger charge is -1.96. The average molecular weight is 190 g/mol. The molecule has 0 fully saturated rings. The molecule has 14 heavy (non-hydrogen) atoms. The van der Waals surface area contributed by atoms with Gasteiger partial charge in [0.2, 0.25) is 0 Å². The van der Waals surface area contributed by atoms with Crippen LogP contribution < -0.4 is 0 Å². The quantitative estimate of drug-likeness (QED) is 0.684. The molecule has 3 heteroatoms. The van der Waals surface area contributed by atoms with E-state index in [0.717, 1.165) is 0 Å². The van der Waals surface area contributed by atoms with E-state index in [9.17, 15) is 4.79 Å². The first kappa shape index (κ1) is 8.81. The Morgan fingerprint density at radius 2 is 1.43 bits per heavy atom. The van der Waals surface area contributed by atoms with E-state index in [2.05, 4.69) is 0 Å². The molecule has 2 aromatic heterocycles. The zero-order valence-electron chi connectivity index (χ0n) is 8.03. The van der Waals surface area contributed by atoms with Crippen LogP contribution in [0.4, 0.5) is 0 Å². The van der Waals surface area contributed by atoms with Crippen LogP contribution in [0.25, 0.3) is 0 Å². The van der Waals surface area contributed by atoms with Crippen LogP contribution in [-0.4, -0.2) is 5.78 Å². The molecule has 0 saturated carbocycles. The number of rotatable bonds is 2. The minimum atomic E-state index is -0.0532. The molecule has 0 bridgehead atoms. The summed E-state index contributed by atoms with van der Waals surface area (Å²) < 4.78 is 10.1. The van der Waals surface area contributed by atoms with E-state index in [1.807, 2.05) is 0 Å². The maximum atomic E-state index is 11.9. The van der Waals surface area contributed by atoms with Crippen molar-refractivity contribution in [2.45, 2.75) is 13.8 Å². The average Bonchev–Trinajstić information content (AvgIpc) is 2.73. The van der Waals surface area contributed by atoms with Crippen LogP contribution in [-0.2, 0) is 0 Å². The van der Waals surface area contributed by atoms with Crippen molar-refractivity contribution in [3.8, 4) is 0 Å². The molecule has 2 aromatic rings. The van der Waals surface area contributed by atoms with E-state index < -0.39 is 0 Å². The number of hydrogen-bond donors (Lipinski definition) is 0. The van der Waals surface area contributed by atoms with Gasteiger partial charge in [-0.15, -0.1) is 0 Å². The molecule has 2 heterocycles. The summed E-state index contributed by atoms with van der Waals surface area (Å²) in [4.78, 5) is 11.9. The molecule has 3 nitrogen and oxygen atoms in total. The highest BCUT2D eigenvalue weighted by molar-refractivity contribution is 6.10. The van der Waals surface area contributed by atoms with Gasteiger partial charge in [0.1, 0.15) is 11.5 Å². The molecular formula is C11H10O3. The van der Waals surface area contributed by atoms with Crippen LogP contribution in [0.5, 0.6) is 0 Å². The van der Waals surface area contributed by atoms with Crippen molar-refractivity contribution < 1.29 is 13.6 Å². The molecule has 0 atom stereocenters. The molecule has 2 rings (SSSR count). The van der Waals surface area contributed by atoms with E-state index in [1.54, 1.807) is 26.0 Å². The number of aryl methyl sites for hydroxylation is 2. The van der Waals surface area contributed by atoms with E-state index in [4.69, 9.17) is 8.83 Å². The topological polar surface area (TPSA) is 43.4 Å². The Bertz CT molecular complexity index is 420. The lowest BCUT2D eigenvalue weighted by Crippen LogP contribution is -2.01. The molecule has 0 radical (unpaired) electrons. The van der Waals surface area contributed by atoms with E-state index in [-0.39, 0.29) is 5.78 Å². The fourth-order valence-electron chi connectivity index (χ4n) is 1.39. The third kappa shape index (κ3) is 1.27. The normalized spacial score (nSPS) is 10.4. The van der Waals surface area contributed by atoms with Crippen molar-refractivity contribution in [2.75, 3.05) is 0 Å². The predicted molar refractivity (Wildman–Crippen MR) is 50.3 cm³/mol. The lowest BCUT2D eigenvalue weighted by atomic mass is 10.1. The minimum Gasteiger partial charge on any atom is -0.469 e. The molecule has 0 amide bonds. The van der Waals surface area contributed by atoms with E-state index in [0.29, 0.717) is 22.6 Å². The largest absolute Gasteiger partial charge is 0.469 e. The van der Waals surface area contributed by atoms with Crippen molar-refractivity contribution in [3.63, 3.8) is 0 Å². The highest BCUT2D eigenvalue weighted by atomic mass is 16.3. The molecular weight excluding hydrogens is 180 g/mol. The van der Waals surface area contributed by atoms with Crippen molar-refractivity contribution in [3.05, 3.63) is 47.3 Å². The molecule has 0 aromatic carbocycles. The second kappa shape index (κ2) is 3.18. The highest BCUT2D eigenvalue weighted by Gasteiger charge is 2.17. The van der Waals surface area contributed by atoms with Crippen molar-refractivity contribution in [1.29, 1.82) is 0 Å². The van der Waals surface area contributed by atoms with Crippen molar-refractivity contribution in [2.24, 2.45) is 0 Å². The molecule has 0 saturated heterocycles. The Hall–Kier alpha value is -1.77. The van der Waals surface area contributed by atoms with Crippen LogP contribution in [0, 0.1) is 13.8 Å². The number of ketones is 1. The van der Waals surface area contributed by atoms with Crippen molar-refractivity contribution >= 4 is 5.78 Å². The van der Waals surface area contributed by atoms with Crippen molar-refractivity contribution in [1.82, 2.24) is 0 Å². The number of furan rings is 2. The summed E-state index contributed by atoms with van der Waals surface area (Å²) in [6.07, 6.45) is 3.02. The van der Waals surface area contributed by atoms with Gasteiger partial charge in [0.15, 0.2) is 5.78 Å². The van der Waals surface area contributed by atoms with Gasteiger partial charge in [-0.1, -0.05) is 0 Å². The second-order valence-corrected chi connectivity index (χ2v) is 3.11. The van der Waals surface area contributed by atoms with Crippen LogP contribution >= 0.6 is 0 Å². The Morgan fingerprint density at radius 3 is 1.71 bits per heavy atom. The Balaban J connectivity index is 2.44. The predicted octanol–water partition coefficient (Wildman–Crippen LogP) is 2.72. The first-order valence-electron chi connectivity index (χ1n) is 4.33. The number of carbonyl (C=O) groups is 1. The molecule has 0 aliphatic rings. The molecule has 0 aliphatic carbocycles. The molecule has 0 N–H and O–H groups in total. The fourth-order valence-corrected chi connectivity index (χ4v) is 1.39. The van der Waals surface area contributed by atoms with Gasteiger partial charge >= 0.3 is 0 Å². The van der Waals surface area contributed by atoms with Gasteiger partial charge in [-0.2, -0.15) is 0 Å². The molecule has 0 unspecified atom stereocenters. The Kier molecular flexibility index (Phi) is 2.00. The highest BCUT2D eigenvalue weighted by Crippen LogP contribution is 2.18. The minimum absolute atomic E-state index is 0.0532. The van der Waals surface area contributed by atoms with Gasteiger partial charge in [0.25, 0.3) is 0 Å². The fraction of sp³-hybridized carbons (Fsp3) is 0.182.